The van der Waals surface area contributed by atoms with E-state index in [4.69, 9.17) is 10.5 Å². The number of rotatable bonds is 4. The SMILES string of the molecule is CC[C@H](N)c1ccc(OC2CCCCCC2)cn1. The van der Waals surface area contributed by atoms with Gasteiger partial charge in [0, 0.05) is 6.04 Å². The van der Waals surface area contributed by atoms with Crippen LogP contribution in [0.5, 0.6) is 5.75 Å². The van der Waals surface area contributed by atoms with Gasteiger partial charge in [0.05, 0.1) is 18.0 Å². The third kappa shape index (κ3) is 3.70. The quantitative estimate of drug-likeness (QED) is 0.828. The average molecular weight is 248 g/mol. The van der Waals surface area contributed by atoms with Crippen molar-refractivity contribution >= 4 is 0 Å². The monoisotopic (exact) mass is 248 g/mol. The Morgan fingerprint density at radius 1 is 1.28 bits per heavy atom. The molecule has 2 N–H and O–H groups in total. The van der Waals surface area contributed by atoms with Gasteiger partial charge in [0.25, 0.3) is 0 Å². The van der Waals surface area contributed by atoms with E-state index in [1.165, 1.54) is 38.5 Å². The van der Waals surface area contributed by atoms with Gasteiger partial charge in [0.2, 0.25) is 0 Å². The van der Waals surface area contributed by atoms with Crippen molar-refractivity contribution in [3.05, 3.63) is 24.0 Å². The van der Waals surface area contributed by atoms with E-state index in [-0.39, 0.29) is 6.04 Å². The van der Waals surface area contributed by atoms with Crippen molar-refractivity contribution in [1.82, 2.24) is 4.98 Å². The molecule has 0 unspecified atom stereocenters. The van der Waals surface area contributed by atoms with Gasteiger partial charge in [-0.2, -0.15) is 0 Å². The largest absolute Gasteiger partial charge is 0.489 e. The van der Waals surface area contributed by atoms with Gasteiger partial charge in [0.1, 0.15) is 5.75 Å². The topological polar surface area (TPSA) is 48.1 Å². The number of pyridine rings is 1. The summed E-state index contributed by atoms with van der Waals surface area (Å²) in [6.07, 6.45) is 10.7. The van der Waals surface area contributed by atoms with E-state index in [1.54, 1.807) is 0 Å². The lowest BCUT2D eigenvalue weighted by atomic mass is 10.1. The molecule has 0 aromatic carbocycles. The lowest BCUT2D eigenvalue weighted by Gasteiger charge is -2.17. The van der Waals surface area contributed by atoms with Crippen LogP contribution in [0.25, 0.3) is 0 Å². The molecular formula is C15H24N2O. The maximum Gasteiger partial charge on any atom is 0.138 e. The normalized spacial score (nSPS) is 19.2. The second-order valence-corrected chi connectivity index (χ2v) is 5.16. The van der Waals surface area contributed by atoms with E-state index in [0.717, 1.165) is 17.9 Å². The van der Waals surface area contributed by atoms with Gasteiger partial charge in [0.15, 0.2) is 0 Å². The number of ether oxygens (including phenoxy) is 1. The molecule has 3 heteroatoms. The Labute approximate surface area is 110 Å². The van der Waals surface area contributed by atoms with Crippen molar-refractivity contribution in [2.24, 2.45) is 5.73 Å². The van der Waals surface area contributed by atoms with Crippen molar-refractivity contribution in [2.45, 2.75) is 64.0 Å². The Hall–Kier alpha value is -1.09. The second kappa shape index (κ2) is 6.74. The Balaban J connectivity index is 1.92. The first-order valence-electron chi connectivity index (χ1n) is 7.17. The van der Waals surface area contributed by atoms with Crippen molar-refractivity contribution < 1.29 is 4.74 Å². The first-order chi connectivity index (χ1) is 8.79. The molecule has 0 spiro atoms. The third-order valence-corrected chi connectivity index (χ3v) is 3.68. The van der Waals surface area contributed by atoms with E-state index in [9.17, 15) is 0 Å². The lowest BCUT2D eigenvalue weighted by molar-refractivity contribution is 0.183. The van der Waals surface area contributed by atoms with E-state index < -0.39 is 0 Å². The number of aromatic nitrogens is 1. The summed E-state index contributed by atoms with van der Waals surface area (Å²) in [6, 6.07) is 4.03. The molecule has 0 radical (unpaired) electrons. The molecular weight excluding hydrogens is 224 g/mol. The Bertz CT molecular complexity index is 342. The van der Waals surface area contributed by atoms with Crippen LogP contribution in [-0.2, 0) is 0 Å². The summed E-state index contributed by atoms with van der Waals surface area (Å²) in [5, 5.41) is 0. The third-order valence-electron chi connectivity index (χ3n) is 3.68. The van der Waals surface area contributed by atoms with Crippen LogP contribution in [0.3, 0.4) is 0 Å². The fraction of sp³-hybridized carbons (Fsp3) is 0.667. The van der Waals surface area contributed by atoms with Crippen LogP contribution in [0.4, 0.5) is 0 Å². The number of nitrogens with zero attached hydrogens (tertiary/aromatic N) is 1. The molecule has 1 atom stereocenters. The molecule has 1 aliphatic carbocycles. The number of nitrogens with two attached hydrogens (primary N) is 1. The highest BCUT2D eigenvalue weighted by Gasteiger charge is 2.14. The van der Waals surface area contributed by atoms with Crippen LogP contribution in [-0.4, -0.2) is 11.1 Å². The van der Waals surface area contributed by atoms with E-state index in [2.05, 4.69) is 11.9 Å². The van der Waals surface area contributed by atoms with Gasteiger partial charge in [-0.25, -0.2) is 0 Å². The molecule has 0 saturated heterocycles. The predicted molar refractivity (Wildman–Crippen MR) is 73.6 cm³/mol. The summed E-state index contributed by atoms with van der Waals surface area (Å²) in [5.41, 5.74) is 6.90. The molecule has 1 aliphatic rings. The summed E-state index contributed by atoms with van der Waals surface area (Å²) in [4.78, 5) is 4.39. The molecule has 1 fully saturated rings. The molecule has 1 heterocycles. The summed E-state index contributed by atoms with van der Waals surface area (Å²) < 4.78 is 6.00. The van der Waals surface area contributed by atoms with Crippen LogP contribution in [0.15, 0.2) is 18.3 Å². The minimum atomic E-state index is 0.0388. The first-order valence-corrected chi connectivity index (χ1v) is 7.17. The number of hydrogen-bond donors (Lipinski definition) is 1. The average Bonchev–Trinajstić information content (AvgIpc) is 2.67. The Kier molecular flexibility index (Phi) is 5.00. The molecule has 2 rings (SSSR count). The Morgan fingerprint density at radius 3 is 2.56 bits per heavy atom. The molecule has 100 valence electrons. The summed E-state index contributed by atoms with van der Waals surface area (Å²) in [7, 11) is 0. The lowest BCUT2D eigenvalue weighted by Crippen LogP contribution is -2.15. The molecule has 1 saturated carbocycles. The van der Waals surface area contributed by atoms with Crippen LogP contribution >= 0.6 is 0 Å². The molecule has 1 aromatic rings. The van der Waals surface area contributed by atoms with E-state index in [1.807, 2.05) is 18.3 Å². The molecule has 18 heavy (non-hydrogen) atoms. The highest BCUT2D eigenvalue weighted by molar-refractivity contribution is 5.21. The van der Waals surface area contributed by atoms with Gasteiger partial charge in [-0.15, -0.1) is 0 Å². The first kappa shape index (κ1) is 13.3. The van der Waals surface area contributed by atoms with Crippen molar-refractivity contribution in [3.63, 3.8) is 0 Å². The van der Waals surface area contributed by atoms with Crippen LogP contribution in [0.2, 0.25) is 0 Å². The summed E-state index contributed by atoms with van der Waals surface area (Å²) in [5.74, 6) is 0.883. The highest BCUT2D eigenvalue weighted by atomic mass is 16.5. The maximum atomic E-state index is 6.00. The molecule has 1 aromatic heterocycles. The van der Waals surface area contributed by atoms with Crippen molar-refractivity contribution in [3.8, 4) is 5.75 Å². The predicted octanol–water partition coefficient (Wildman–Crippen LogP) is 3.59. The molecule has 3 nitrogen and oxygen atoms in total. The zero-order valence-electron chi connectivity index (χ0n) is 11.3. The van der Waals surface area contributed by atoms with Crippen LogP contribution in [0.1, 0.15) is 63.6 Å². The minimum Gasteiger partial charge on any atom is -0.489 e. The van der Waals surface area contributed by atoms with E-state index >= 15 is 0 Å². The van der Waals surface area contributed by atoms with E-state index in [0.29, 0.717) is 6.10 Å². The zero-order valence-corrected chi connectivity index (χ0v) is 11.3. The minimum absolute atomic E-state index is 0.0388. The zero-order chi connectivity index (χ0) is 12.8. The highest BCUT2D eigenvalue weighted by Crippen LogP contribution is 2.23. The standard InChI is InChI=1S/C15H24N2O/c1-2-14(16)15-10-9-13(11-17-15)18-12-7-5-3-4-6-8-12/h9-12,14H,2-8,16H2,1H3/t14-/m0/s1. The summed E-state index contributed by atoms with van der Waals surface area (Å²) >= 11 is 0. The smallest absolute Gasteiger partial charge is 0.138 e. The molecule has 0 bridgehead atoms. The van der Waals surface area contributed by atoms with Crippen molar-refractivity contribution in [1.29, 1.82) is 0 Å². The van der Waals surface area contributed by atoms with Gasteiger partial charge in [-0.05, 0) is 44.2 Å². The van der Waals surface area contributed by atoms with Gasteiger partial charge in [-0.3, -0.25) is 4.98 Å². The number of hydrogen-bond acceptors (Lipinski definition) is 3. The molecule has 0 aliphatic heterocycles. The molecule has 0 amide bonds. The van der Waals surface area contributed by atoms with Gasteiger partial charge >= 0.3 is 0 Å². The fourth-order valence-electron chi connectivity index (χ4n) is 2.44. The van der Waals surface area contributed by atoms with Gasteiger partial charge < -0.3 is 10.5 Å². The summed E-state index contributed by atoms with van der Waals surface area (Å²) in [6.45, 7) is 2.07. The second-order valence-electron chi connectivity index (χ2n) is 5.16. The maximum absolute atomic E-state index is 6.00. The van der Waals surface area contributed by atoms with Crippen molar-refractivity contribution in [2.75, 3.05) is 0 Å². The fourth-order valence-corrected chi connectivity index (χ4v) is 2.44. The van der Waals surface area contributed by atoms with Crippen LogP contribution in [0, 0.1) is 0 Å². The van der Waals surface area contributed by atoms with Gasteiger partial charge in [-0.1, -0.05) is 19.8 Å². The Morgan fingerprint density at radius 2 is 2.00 bits per heavy atom. The van der Waals surface area contributed by atoms with Crippen LogP contribution < -0.4 is 10.5 Å².